The van der Waals surface area contributed by atoms with Gasteiger partial charge in [-0.3, -0.25) is 0 Å². The summed E-state index contributed by atoms with van der Waals surface area (Å²) in [5, 5.41) is 21.2. The van der Waals surface area contributed by atoms with Gasteiger partial charge < -0.3 is 19.8 Å². The number of ether oxygens (including phenoxy) is 1. The monoisotopic (exact) mass is 453 g/mol. The number of aliphatic hydroxyl groups excluding tert-OH is 2. The lowest BCUT2D eigenvalue weighted by Crippen LogP contribution is -2.38. The van der Waals surface area contributed by atoms with Crippen LogP contribution in [0.4, 0.5) is 0 Å². The van der Waals surface area contributed by atoms with Gasteiger partial charge in [0.2, 0.25) is 0 Å². The van der Waals surface area contributed by atoms with Gasteiger partial charge in [-0.05, 0) is 72.0 Å². The molecule has 4 nitrogen and oxygen atoms in total. The van der Waals surface area contributed by atoms with E-state index < -0.39 is 12.2 Å². The molecular formula is C29H43NO3. The molecule has 2 N–H and O–H groups in total. The van der Waals surface area contributed by atoms with E-state index in [9.17, 15) is 10.2 Å². The normalized spacial score (nSPS) is 26.0. The SMILES string of the molecule is CC#CC[C@@H](C)[C@H](O)C=C[C@@H]1[C@H]2c3cccc(CCCCN(C)C(C)(C)C)c3O[C@H]2C[C@H]1O. The molecule has 3 rings (SSSR count). The average molecular weight is 454 g/mol. The Morgan fingerprint density at radius 3 is 2.73 bits per heavy atom. The minimum absolute atomic E-state index is 0.0124. The maximum Gasteiger partial charge on any atom is 0.126 e. The highest BCUT2D eigenvalue weighted by atomic mass is 16.5. The summed E-state index contributed by atoms with van der Waals surface area (Å²) in [6.45, 7) is 11.7. The molecule has 0 radical (unpaired) electrons. The summed E-state index contributed by atoms with van der Waals surface area (Å²) in [4.78, 5) is 2.41. The van der Waals surface area contributed by atoms with Crippen molar-refractivity contribution >= 4 is 0 Å². The maximum absolute atomic E-state index is 10.7. The molecule has 2 aliphatic rings. The third-order valence-electron chi connectivity index (χ3n) is 7.54. The number of hydrogen-bond donors (Lipinski definition) is 2. The zero-order valence-corrected chi connectivity index (χ0v) is 21.3. The van der Waals surface area contributed by atoms with Crippen molar-refractivity contribution in [1.29, 1.82) is 0 Å². The van der Waals surface area contributed by atoms with Crippen LogP contribution >= 0.6 is 0 Å². The highest BCUT2D eigenvalue weighted by molar-refractivity contribution is 5.49. The lowest BCUT2D eigenvalue weighted by atomic mass is 9.86. The van der Waals surface area contributed by atoms with Crippen LogP contribution in [0, 0.1) is 23.7 Å². The van der Waals surface area contributed by atoms with Gasteiger partial charge in [0.25, 0.3) is 0 Å². The fraction of sp³-hybridized carbons (Fsp3) is 0.655. The van der Waals surface area contributed by atoms with E-state index in [-0.39, 0.29) is 29.4 Å². The first-order chi connectivity index (χ1) is 15.6. The van der Waals surface area contributed by atoms with Crippen molar-refractivity contribution in [2.45, 2.75) is 96.5 Å². The van der Waals surface area contributed by atoms with E-state index in [1.165, 1.54) is 11.1 Å². The number of aryl methyl sites for hydroxylation is 1. The van der Waals surface area contributed by atoms with Crippen molar-refractivity contribution in [2.75, 3.05) is 13.6 Å². The van der Waals surface area contributed by atoms with Gasteiger partial charge in [0.15, 0.2) is 0 Å². The first kappa shape index (κ1) is 25.8. The minimum Gasteiger partial charge on any atom is -0.489 e. The number of fused-ring (bicyclic) bond motifs is 3. The van der Waals surface area contributed by atoms with Crippen LogP contribution in [0.2, 0.25) is 0 Å². The molecule has 0 spiro atoms. The first-order valence-electron chi connectivity index (χ1n) is 12.6. The van der Waals surface area contributed by atoms with E-state index in [2.05, 4.69) is 62.8 Å². The Bertz CT molecular complexity index is 875. The quantitative estimate of drug-likeness (QED) is 0.316. The van der Waals surface area contributed by atoms with Crippen LogP contribution in [-0.2, 0) is 6.42 Å². The van der Waals surface area contributed by atoms with E-state index in [1.807, 2.05) is 26.0 Å². The lowest BCUT2D eigenvalue weighted by Gasteiger charge is -2.31. The Morgan fingerprint density at radius 2 is 2.03 bits per heavy atom. The van der Waals surface area contributed by atoms with Crippen LogP contribution in [0.25, 0.3) is 0 Å². The van der Waals surface area contributed by atoms with E-state index in [1.54, 1.807) is 0 Å². The summed E-state index contributed by atoms with van der Waals surface area (Å²) in [6.07, 6.45) is 7.49. The second-order valence-corrected chi connectivity index (χ2v) is 10.9. The van der Waals surface area contributed by atoms with Crippen LogP contribution < -0.4 is 4.74 Å². The van der Waals surface area contributed by atoms with E-state index in [4.69, 9.17) is 4.74 Å². The molecule has 1 aliphatic heterocycles. The molecule has 1 heterocycles. The molecule has 1 saturated carbocycles. The van der Waals surface area contributed by atoms with Crippen LogP contribution in [-0.4, -0.2) is 52.6 Å². The largest absolute Gasteiger partial charge is 0.489 e. The Morgan fingerprint density at radius 1 is 1.27 bits per heavy atom. The molecule has 182 valence electrons. The number of aliphatic hydroxyl groups is 2. The molecule has 0 bridgehead atoms. The van der Waals surface area contributed by atoms with E-state index >= 15 is 0 Å². The van der Waals surface area contributed by atoms with Crippen molar-refractivity contribution in [1.82, 2.24) is 4.90 Å². The number of hydrogen-bond acceptors (Lipinski definition) is 4. The molecular weight excluding hydrogens is 410 g/mol. The lowest BCUT2D eigenvalue weighted by molar-refractivity contribution is 0.134. The molecule has 0 saturated heterocycles. The van der Waals surface area contributed by atoms with Crippen molar-refractivity contribution < 1.29 is 14.9 Å². The van der Waals surface area contributed by atoms with Gasteiger partial charge >= 0.3 is 0 Å². The fourth-order valence-electron chi connectivity index (χ4n) is 4.98. The van der Waals surface area contributed by atoms with Crippen LogP contribution in [0.1, 0.15) is 77.3 Å². The van der Waals surface area contributed by atoms with Gasteiger partial charge in [-0.15, -0.1) is 11.8 Å². The summed E-state index contributed by atoms with van der Waals surface area (Å²) in [5.74, 6) is 7.15. The summed E-state index contributed by atoms with van der Waals surface area (Å²) in [5.41, 5.74) is 2.70. The fourth-order valence-corrected chi connectivity index (χ4v) is 4.98. The Balaban J connectivity index is 1.66. The van der Waals surface area contributed by atoms with Crippen molar-refractivity contribution in [2.24, 2.45) is 11.8 Å². The highest BCUT2D eigenvalue weighted by Gasteiger charge is 2.48. The molecule has 33 heavy (non-hydrogen) atoms. The maximum atomic E-state index is 10.7. The number of benzene rings is 1. The van der Waals surface area contributed by atoms with Crippen LogP contribution in [0.3, 0.4) is 0 Å². The van der Waals surface area contributed by atoms with Crippen molar-refractivity contribution in [3.8, 4) is 17.6 Å². The predicted octanol–water partition coefficient (Wildman–Crippen LogP) is 4.93. The molecule has 0 unspecified atom stereocenters. The Kier molecular flexibility index (Phi) is 8.67. The molecule has 6 atom stereocenters. The second kappa shape index (κ2) is 11.1. The summed E-state index contributed by atoms with van der Waals surface area (Å²) >= 11 is 0. The third-order valence-corrected chi connectivity index (χ3v) is 7.54. The van der Waals surface area contributed by atoms with Crippen molar-refractivity contribution in [3.63, 3.8) is 0 Å². The zero-order chi connectivity index (χ0) is 24.2. The van der Waals surface area contributed by atoms with Crippen molar-refractivity contribution in [3.05, 3.63) is 41.5 Å². The number of para-hydroxylation sites is 1. The zero-order valence-electron chi connectivity index (χ0n) is 21.3. The van der Waals surface area contributed by atoms with Gasteiger partial charge in [-0.1, -0.05) is 37.3 Å². The summed E-state index contributed by atoms with van der Waals surface area (Å²) < 4.78 is 6.42. The van der Waals surface area contributed by atoms with Gasteiger partial charge in [0.1, 0.15) is 11.9 Å². The molecule has 1 aromatic carbocycles. The van der Waals surface area contributed by atoms with Crippen LogP contribution in [0.15, 0.2) is 30.4 Å². The first-order valence-corrected chi connectivity index (χ1v) is 12.6. The highest BCUT2D eigenvalue weighted by Crippen LogP contribution is 2.52. The Hall–Kier alpha value is -1.80. The van der Waals surface area contributed by atoms with Gasteiger partial charge in [0.05, 0.1) is 12.2 Å². The number of nitrogens with zero attached hydrogens (tertiary/aromatic N) is 1. The minimum atomic E-state index is -0.559. The standard InChI is InChI=1S/C29H43NO3/c1-7-8-12-20(2)24(31)17-16-22-25(32)19-26-27(22)23-15-11-14-21(28(23)33-26)13-9-10-18-30(6)29(3,4)5/h11,14-17,20,22,24-27,31-32H,9-10,12-13,18-19H2,1-6H3/t20-,22+,24-,25-,26+,27+/m1/s1. The molecule has 1 aromatic rings. The Labute approximate surface area is 201 Å². The molecule has 0 amide bonds. The average Bonchev–Trinajstić information content (AvgIpc) is 3.27. The van der Waals surface area contributed by atoms with E-state index in [0.717, 1.165) is 31.6 Å². The smallest absolute Gasteiger partial charge is 0.126 e. The molecule has 0 aromatic heterocycles. The molecule has 1 aliphatic carbocycles. The topological polar surface area (TPSA) is 52.9 Å². The number of unbranched alkanes of at least 4 members (excludes halogenated alkanes) is 1. The number of rotatable bonds is 9. The predicted molar refractivity (Wildman–Crippen MR) is 135 cm³/mol. The van der Waals surface area contributed by atoms with Crippen LogP contribution in [0.5, 0.6) is 5.75 Å². The van der Waals surface area contributed by atoms with E-state index in [0.29, 0.717) is 12.8 Å². The summed E-state index contributed by atoms with van der Waals surface area (Å²) in [6, 6.07) is 6.48. The molecule has 1 fully saturated rings. The van der Waals surface area contributed by atoms with Gasteiger partial charge in [-0.2, -0.15) is 0 Å². The second-order valence-electron chi connectivity index (χ2n) is 10.9. The van der Waals surface area contributed by atoms with Gasteiger partial charge in [0, 0.05) is 35.8 Å². The molecule has 4 heteroatoms. The third kappa shape index (κ3) is 6.21. The van der Waals surface area contributed by atoms with Gasteiger partial charge in [-0.25, -0.2) is 0 Å². The summed E-state index contributed by atoms with van der Waals surface area (Å²) in [7, 11) is 2.19.